The van der Waals surface area contributed by atoms with Gasteiger partial charge in [0.05, 0.1) is 0 Å². The first kappa shape index (κ1) is 17.7. The summed E-state index contributed by atoms with van der Waals surface area (Å²) >= 11 is 0. The van der Waals surface area contributed by atoms with Crippen molar-refractivity contribution >= 4 is 11.8 Å². The first-order chi connectivity index (χ1) is 11.6. The van der Waals surface area contributed by atoms with Crippen molar-refractivity contribution in [1.29, 1.82) is 0 Å². The maximum absolute atomic E-state index is 12.6. The molecule has 3 aliphatic heterocycles. The quantitative estimate of drug-likeness (QED) is 0.827. The van der Waals surface area contributed by atoms with Crippen LogP contribution in [0.3, 0.4) is 0 Å². The molecule has 3 heterocycles. The van der Waals surface area contributed by atoms with Crippen molar-refractivity contribution in [3.63, 3.8) is 0 Å². The van der Waals surface area contributed by atoms with Gasteiger partial charge in [-0.1, -0.05) is 6.92 Å². The van der Waals surface area contributed by atoms with Gasteiger partial charge in [0.2, 0.25) is 5.91 Å². The fourth-order valence-electron chi connectivity index (χ4n) is 4.09. The van der Waals surface area contributed by atoms with E-state index in [0.29, 0.717) is 51.0 Å². The Balaban J connectivity index is 1.42. The predicted octanol–water partition coefficient (Wildman–Crippen LogP) is 0.862. The average molecular weight is 337 g/mol. The maximum Gasteiger partial charge on any atom is 0.251 e. The summed E-state index contributed by atoms with van der Waals surface area (Å²) in [4.78, 5) is 28.7. The van der Waals surface area contributed by atoms with Crippen LogP contribution in [0.1, 0.15) is 39.0 Å². The van der Waals surface area contributed by atoms with Gasteiger partial charge >= 0.3 is 0 Å². The van der Waals surface area contributed by atoms with Crippen LogP contribution in [-0.4, -0.2) is 73.6 Å². The monoisotopic (exact) mass is 337 g/mol. The van der Waals surface area contributed by atoms with Gasteiger partial charge in [-0.3, -0.25) is 9.59 Å². The summed E-state index contributed by atoms with van der Waals surface area (Å²) in [5.41, 5.74) is 0. The van der Waals surface area contributed by atoms with E-state index in [1.165, 1.54) is 12.8 Å². The van der Waals surface area contributed by atoms with Crippen LogP contribution >= 0.6 is 0 Å². The molecule has 0 bridgehead atoms. The molecule has 0 aromatic heterocycles. The van der Waals surface area contributed by atoms with Crippen LogP contribution in [0.15, 0.2) is 0 Å². The van der Waals surface area contributed by atoms with Crippen LogP contribution in [-0.2, 0) is 14.3 Å². The number of ether oxygens (including phenoxy) is 1. The van der Waals surface area contributed by atoms with E-state index >= 15 is 0 Å². The molecule has 3 saturated heterocycles. The summed E-state index contributed by atoms with van der Waals surface area (Å²) in [6.07, 6.45) is 4.64. The molecule has 0 aromatic rings. The molecular formula is C18H31N3O3. The van der Waals surface area contributed by atoms with Gasteiger partial charge in [0.1, 0.15) is 6.10 Å². The molecule has 3 unspecified atom stereocenters. The first-order valence-electron chi connectivity index (χ1n) is 9.54. The molecule has 0 aliphatic carbocycles. The van der Waals surface area contributed by atoms with E-state index in [1.54, 1.807) is 0 Å². The average Bonchev–Trinajstić information content (AvgIpc) is 3.16. The van der Waals surface area contributed by atoms with E-state index in [4.69, 9.17) is 4.74 Å². The van der Waals surface area contributed by atoms with Crippen molar-refractivity contribution in [2.75, 3.05) is 45.9 Å². The minimum atomic E-state index is -0.244. The molecular weight excluding hydrogens is 306 g/mol. The van der Waals surface area contributed by atoms with E-state index in [2.05, 4.69) is 12.2 Å². The summed E-state index contributed by atoms with van der Waals surface area (Å²) in [7, 11) is 0. The Morgan fingerprint density at radius 1 is 1.12 bits per heavy atom. The molecule has 24 heavy (non-hydrogen) atoms. The summed E-state index contributed by atoms with van der Waals surface area (Å²) in [5, 5.41) is 3.43. The van der Waals surface area contributed by atoms with Crippen molar-refractivity contribution in [2.24, 2.45) is 11.8 Å². The highest BCUT2D eigenvalue weighted by atomic mass is 16.5. The van der Waals surface area contributed by atoms with Gasteiger partial charge in [-0.05, 0) is 50.6 Å². The number of nitrogens with zero attached hydrogens (tertiary/aromatic N) is 2. The van der Waals surface area contributed by atoms with Crippen molar-refractivity contribution in [3.05, 3.63) is 0 Å². The van der Waals surface area contributed by atoms with Gasteiger partial charge in [0.25, 0.3) is 5.91 Å². The molecule has 2 amide bonds. The maximum atomic E-state index is 12.6. The van der Waals surface area contributed by atoms with Gasteiger partial charge < -0.3 is 19.9 Å². The van der Waals surface area contributed by atoms with Gasteiger partial charge in [0, 0.05) is 39.2 Å². The van der Waals surface area contributed by atoms with E-state index in [0.717, 1.165) is 25.9 Å². The van der Waals surface area contributed by atoms with Crippen LogP contribution < -0.4 is 5.32 Å². The van der Waals surface area contributed by atoms with Crippen molar-refractivity contribution < 1.29 is 14.3 Å². The third-order valence-corrected chi connectivity index (χ3v) is 5.79. The Kier molecular flexibility index (Phi) is 6.11. The smallest absolute Gasteiger partial charge is 0.251 e. The zero-order valence-corrected chi connectivity index (χ0v) is 14.8. The third-order valence-electron chi connectivity index (χ3n) is 5.79. The lowest BCUT2D eigenvalue weighted by molar-refractivity contribution is -0.146. The van der Waals surface area contributed by atoms with Crippen LogP contribution in [0.2, 0.25) is 0 Å². The van der Waals surface area contributed by atoms with Crippen LogP contribution in [0.25, 0.3) is 0 Å². The Hall–Kier alpha value is -1.14. The fourth-order valence-corrected chi connectivity index (χ4v) is 4.09. The van der Waals surface area contributed by atoms with Gasteiger partial charge in [0.15, 0.2) is 0 Å². The largest absolute Gasteiger partial charge is 0.368 e. The minimum absolute atomic E-state index is 0.112. The molecule has 3 rings (SSSR count). The van der Waals surface area contributed by atoms with Crippen molar-refractivity contribution in [1.82, 2.24) is 15.1 Å². The van der Waals surface area contributed by atoms with Crippen molar-refractivity contribution in [3.8, 4) is 0 Å². The number of rotatable bonds is 4. The standard InChI is InChI=1S/C18H31N3O3/c1-14(15-4-2-6-19-13-15)12-17(22)20-7-9-21(10-8-20)18(23)16-5-3-11-24-16/h14-16,19H,2-13H2,1H3. The Morgan fingerprint density at radius 3 is 2.50 bits per heavy atom. The molecule has 1 N–H and O–H groups in total. The normalized spacial score (nSPS) is 29.5. The number of carbonyl (C=O) groups is 2. The second-order valence-electron chi connectivity index (χ2n) is 7.50. The Morgan fingerprint density at radius 2 is 1.88 bits per heavy atom. The van der Waals surface area contributed by atoms with Crippen molar-refractivity contribution in [2.45, 2.75) is 45.1 Å². The van der Waals surface area contributed by atoms with E-state index in [9.17, 15) is 9.59 Å². The van der Waals surface area contributed by atoms with Gasteiger partial charge in [-0.25, -0.2) is 0 Å². The molecule has 0 radical (unpaired) electrons. The van der Waals surface area contributed by atoms with E-state index < -0.39 is 0 Å². The number of nitrogens with one attached hydrogen (secondary N) is 1. The van der Waals surface area contributed by atoms with E-state index in [1.807, 2.05) is 9.80 Å². The summed E-state index contributed by atoms with van der Waals surface area (Å²) < 4.78 is 5.48. The lowest BCUT2D eigenvalue weighted by Gasteiger charge is -2.37. The SMILES string of the molecule is CC(CC(=O)N1CCN(C(=O)C2CCCO2)CC1)C1CCCNC1. The minimum Gasteiger partial charge on any atom is -0.368 e. The number of piperidine rings is 1. The lowest BCUT2D eigenvalue weighted by Crippen LogP contribution is -2.53. The summed E-state index contributed by atoms with van der Waals surface area (Å²) in [6, 6.07) is 0. The molecule has 6 nitrogen and oxygen atoms in total. The lowest BCUT2D eigenvalue weighted by atomic mass is 9.85. The molecule has 0 saturated carbocycles. The van der Waals surface area contributed by atoms with Gasteiger partial charge in [-0.2, -0.15) is 0 Å². The zero-order chi connectivity index (χ0) is 16.9. The highest BCUT2D eigenvalue weighted by Crippen LogP contribution is 2.23. The molecule has 0 aromatic carbocycles. The molecule has 6 heteroatoms. The molecule has 3 aliphatic rings. The molecule has 3 fully saturated rings. The number of piperazine rings is 1. The number of hydrogen-bond acceptors (Lipinski definition) is 4. The second-order valence-corrected chi connectivity index (χ2v) is 7.50. The van der Waals surface area contributed by atoms with Gasteiger partial charge in [-0.15, -0.1) is 0 Å². The molecule has 0 spiro atoms. The zero-order valence-electron chi connectivity index (χ0n) is 14.8. The number of amides is 2. The second kappa shape index (κ2) is 8.30. The van der Waals surface area contributed by atoms with E-state index in [-0.39, 0.29) is 17.9 Å². The third kappa shape index (κ3) is 4.28. The molecule has 136 valence electrons. The fraction of sp³-hybridized carbons (Fsp3) is 0.889. The van der Waals surface area contributed by atoms with Crippen LogP contribution in [0.5, 0.6) is 0 Å². The Labute approximate surface area is 144 Å². The van der Waals surface area contributed by atoms with Crippen LogP contribution in [0.4, 0.5) is 0 Å². The highest BCUT2D eigenvalue weighted by Gasteiger charge is 2.32. The summed E-state index contributed by atoms with van der Waals surface area (Å²) in [5.74, 6) is 1.40. The number of carbonyl (C=O) groups excluding carboxylic acids is 2. The Bertz CT molecular complexity index is 437. The highest BCUT2D eigenvalue weighted by molar-refractivity contribution is 5.82. The topological polar surface area (TPSA) is 61.9 Å². The number of hydrogen-bond donors (Lipinski definition) is 1. The van der Waals surface area contributed by atoms with Crippen LogP contribution in [0, 0.1) is 11.8 Å². The summed E-state index contributed by atoms with van der Waals surface area (Å²) in [6.45, 7) is 7.65. The predicted molar refractivity (Wildman–Crippen MR) is 91.5 cm³/mol. The first-order valence-corrected chi connectivity index (χ1v) is 9.54. The molecule has 3 atom stereocenters.